The second-order valence-corrected chi connectivity index (χ2v) is 10.2. The normalized spacial score (nSPS) is 18.8. The molecule has 0 spiro atoms. The highest BCUT2D eigenvalue weighted by Gasteiger charge is 2.22. The molecular formula is C32H42. The molecule has 4 rings (SSSR count). The lowest BCUT2D eigenvalue weighted by molar-refractivity contribution is 0.303. The third kappa shape index (κ3) is 6.03. The van der Waals surface area contributed by atoms with Crippen LogP contribution in [0, 0.1) is 5.92 Å². The number of benzene rings is 3. The number of fused-ring (bicyclic) bond motifs is 1. The molecule has 0 heterocycles. The van der Waals surface area contributed by atoms with Crippen molar-refractivity contribution in [2.24, 2.45) is 5.92 Å². The predicted octanol–water partition coefficient (Wildman–Crippen LogP) is 10.1. The van der Waals surface area contributed by atoms with Crippen molar-refractivity contribution in [3.8, 4) is 11.1 Å². The topological polar surface area (TPSA) is 0 Å². The molecule has 0 bridgehead atoms. The van der Waals surface area contributed by atoms with Gasteiger partial charge in [-0.15, -0.1) is 0 Å². The Morgan fingerprint density at radius 1 is 0.625 bits per heavy atom. The van der Waals surface area contributed by atoms with Gasteiger partial charge in [0.05, 0.1) is 0 Å². The van der Waals surface area contributed by atoms with Crippen molar-refractivity contribution in [3.05, 3.63) is 71.8 Å². The zero-order valence-corrected chi connectivity index (χ0v) is 20.4. The first-order valence-corrected chi connectivity index (χ1v) is 13.4. The summed E-state index contributed by atoms with van der Waals surface area (Å²) < 4.78 is 0. The molecule has 0 nitrogen and oxygen atoms in total. The van der Waals surface area contributed by atoms with Crippen LogP contribution in [0.3, 0.4) is 0 Å². The molecule has 1 saturated carbocycles. The van der Waals surface area contributed by atoms with Crippen molar-refractivity contribution in [2.75, 3.05) is 0 Å². The first kappa shape index (κ1) is 23.1. The van der Waals surface area contributed by atoms with Gasteiger partial charge in [0.2, 0.25) is 0 Å². The second-order valence-electron chi connectivity index (χ2n) is 10.2. The zero-order valence-electron chi connectivity index (χ0n) is 20.4. The summed E-state index contributed by atoms with van der Waals surface area (Å²) in [4.78, 5) is 0. The van der Waals surface area contributed by atoms with Crippen LogP contribution in [0.5, 0.6) is 0 Å². The van der Waals surface area contributed by atoms with Gasteiger partial charge in [0.25, 0.3) is 0 Å². The molecule has 1 aliphatic carbocycles. The molecule has 32 heavy (non-hydrogen) atoms. The predicted molar refractivity (Wildman–Crippen MR) is 141 cm³/mol. The van der Waals surface area contributed by atoms with Crippen LogP contribution in [0.15, 0.2) is 60.7 Å². The van der Waals surface area contributed by atoms with Gasteiger partial charge in [-0.2, -0.15) is 0 Å². The molecule has 0 unspecified atom stereocenters. The molecule has 0 heteroatoms. The zero-order chi connectivity index (χ0) is 22.2. The first-order valence-electron chi connectivity index (χ1n) is 13.4. The maximum absolute atomic E-state index is 2.40. The first-order chi connectivity index (χ1) is 15.8. The molecule has 0 amide bonds. The number of rotatable bonds is 10. The fourth-order valence-electron chi connectivity index (χ4n) is 5.62. The van der Waals surface area contributed by atoms with E-state index in [1.165, 1.54) is 105 Å². The third-order valence-corrected chi connectivity index (χ3v) is 7.75. The summed E-state index contributed by atoms with van der Waals surface area (Å²) in [6, 6.07) is 23.5. The van der Waals surface area contributed by atoms with Crippen LogP contribution in [-0.2, 0) is 6.42 Å². The molecule has 170 valence electrons. The summed E-state index contributed by atoms with van der Waals surface area (Å²) in [6.45, 7) is 4.58. The van der Waals surface area contributed by atoms with Gasteiger partial charge in [-0.3, -0.25) is 0 Å². The fraction of sp³-hybridized carbons (Fsp3) is 0.500. The standard InChI is InChI=1S/C32H42/c1-3-5-7-9-25-11-14-27(15-12-25)28-17-19-29(20-18-28)31-22-21-30-23-26(10-8-6-4-2)13-16-32(30)24-31/h13,16-25,27H,3-12,14-15H2,1-2H3. The minimum atomic E-state index is 0.772. The lowest BCUT2D eigenvalue weighted by atomic mass is 9.77. The Morgan fingerprint density at radius 3 is 2.03 bits per heavy atom. The van der Waals surface area contributed by atoms with E-state index in [0.29, 0.717) is 0 Å². The minimum absolute atomic E-state index is 0.772. The van der Waals surface area contributed by atoms with Crippen molar-refractivity contribution in [1.82, 2.24) is 0 Å². The summed E-state index contributed by atoms with van der Waals surface area (Å²) in [5.74, 6) is 1.76. The van der Waals surface area contributed by atoms with Crippen LogP contribution >= 0.6 is 0 Å². The van der Waals surface area contributed by atoms with Crippen LogP contribution in [0.4, 0.5) is 0 Å². The van der Waals surface area contributed by atoms with Gasteiger partial charge in [0.1, 0.15) is 0 Å². The monoisotopic (exact) mass is 426 g/mol. The Bertz CT molecular complexity index is 957. The van der Waals surface area contributed by atoms with E-state index in [9.17, 15) is 0 Å². The van der Waals surface area contributed by atoms with E-state index in [2.05, 4.69) is 74.5 Å². The lowest BCUT2D eigenvalue weighted by Crippen LogP contribution is -2.13. The van der Waals surface area contributed by atoms with Crippen LogP contribution in [-0.4, -0.2) is 0 Å². The van der Waals surface area contributed by atoms with E-state index in [1.54, 1.807) is 5.56 Å². The lowest BCUT2D eigenvalue weighted by Gasteiger charge is -2.29. The molecule has 0 radical (unpaired) electrons. The molecule has 3 aromatic rings. The van der Waals surface area contributed by atoms with Crippen LogP contribution < -0.4 is 0 Å². The molecular weight excluding hydrogens is 384 g/mol. The van der Waals surface area contributed by atoms with Gasteiger partial charge < -0.3 is 0 Å². The van der Waals surface area contributed by atoms with Gasteiger partial charge in [0, 0.05) is 0 Å². The van der Waals surface area contributed by atoms with E-state index in [0.717, 1.165) is 11.8 Å². The highest BCUT2D eigenvalue weighted by Crippen LogP contribution is 2.38. The fourth-order valence-corrected chi connectivity index (χ4v) is 5.62. The highest BCUT2D eigenvalue weighted by molar-refractivity contribution is 5.87. The van der Waals surface area contributed by atoms with E-state index >= 15 is 0 Å². The average molecular weight is 427 g/mol. The van der Waals surface area contributed by atoms with Gasteiger partial charge >= 0.3 is 0 Å². The Kier molecular flexibility index (Phi) is 8.43. The summed E-state index contributed by atoms with van der Waals surface area (Å²) >= 11 is 0. The van der Waals surface area contributed by atoms with Crippen LogP contribution in [0.25, 0.3) is 21.9 Å². The maximum Gasteiger partial charge on any atom is -0.0162 e. The van der Waals surface area contributed by atoms with Crippen molar-refractivity contribution in [2.45, 2.75) is 96.8 Å². The Morgan fingerprint density at radius 2 is 1.28 bits per heavy atom. The molecule has 0 N–H and O–H groups in total. The van der Waals surface area contributed by atoms with Crippen LogP contribution in [0.2, 0.25) is 0 Å². The minimum Gasteiger partial charge on any atom is -0.0654 e. The largest absolute Gasteiger partial charge is 0.0654 e. The smallest absolute Gasteiger partial charge is 0.0162 e. The molecule has 0 aliphatic heterocycles. The average Bonchev–Trinajstić information content (AvgIpc) is 2.85. The number of aryl methyl sites for hydroxylation is 1. The van der Waals surface area contributed by atoms with Crippen molar-refractivity contribution in [3.63, 3.8) is 0 Å². The van der Waals surface area contributed by atoms with Gasteiger partial charge in [-0.25, -0.2) is 0 Å². The SMILES string of the molecule is CCCCCc1ccc2cc(-c3ccc(C4CCC(CCCCC)CC4)cc3)ccc2c1. The molecule has 0 aromatic heterocycles. The van der Waals surface area contributed by atoms with E-state index in [4.69, 9.17) is 0 Å². The van der Waals surface area contributed by atoms with Crippen molar-refractivity contribution in [1.29, 1.82) is 0 Å². The second kappa shape index (κ2) is 11.7. The number of unbranched alkanes of at least 4 members (excludes halogenated alkanes) is 4. The Balaban J connectivity index is 1.37. The Labute approximate surface area is 196 Å². The molecule has 1 fully saturated rings. The molecule has 0 atom stereocenters. The van der Waals surface area contributed by atoms with E-state index in [1.807, 2.05) is 0 Å². The van der Waals surface area contributed by atoms with E-state index in [-0.39, 0.29) is 0 Å². The summed E-state index contributed by atoms with van der Waals surface area (Å²) in [7, 11) is 0. The molecule has 3 aromatic carbocycles. The Hall–Kier alpha value is -2.08. The summed E-state index contributed by atoms with van der Waals surface area (Å²) in [5.41, 5.74) is 5.71. The molecule has 0 saturated heterocycles. The third-order valence-electron chi connectivity index (χ3n) is 7.75. The number of hydrogen-bond acceptors (Lipinski definition) is 0. The van der Waals surface area contributed by atoms with Gasteiger partial charge in [-0.1, -0.05) is 107 Å². The van der Waals surface area contributed by atoms with Crippen LogP contribution in [0.1, 0.15) is 102 Å². The highest BCUT2D eigenvalue weighted by atomic mass is 14.3. The van der Waals surface area contributed by atoms with Crippen molar-refractivity contribution < 1.29 is 0 Å². The molecule has 1 aliphatic rings. The van der Waals surface area contributed by atoms with E-state index < -0.39 is 0 Å². The summed E-state index contributed by atoms with van der Waals surface area (Å²) in [5, 5.41) is 2.72. The van der Waals surface area contributed by atoms with Gasteiger partial charge in [-0.05, 0) is 89.5 Å². The van der Waals surface area contributed by atoms with Gasteiger partial charge in [0.15, 0.2) is 0 Å². The summed E-state index contributed by atoms with van der Waals surface area (Å²) in [6.07, 6.45) is 16.4. The number of hydrogen-bond donors (Lipinski definition) is 0. The maximum atomic E-state index is 2.40. The quantitative estimate of drug-likeness (QED) is 0.283. The van der Waals surface area contributed by atoms with Crippen molar-refractivity contribution >= 4 is 10.8 Å².